The Morgan fingerprint density at radius 1 is 1.56 bits per heavy atom. The van der Waals surface area contributed by atoms with E-state index in [1.54, 1.807) is 6.92 Å². The van der Waals surface area contributed by atoms with E-state index in [2.05, 4.69) is 0 Å². The van der Waals surface area contributed by atoms with Gasteiger partial charge in [0.15, 0.2) is 0 Å². The molecule has 0 aliphatic rings. The van der Waals surface area contributed by atoms with Crippen LogP contribution in [0, 0.1) is 5.92 Å². The van der Waals surface area contributed by atoms with Gasteiger partial charge in [-0.1, -0.05) is 24.6 Å². The summed E-state index contributed by atoms with van der Waals surface area (Å²) >= 11 is 5.29. The monoisotopic (exact) mass is 148 g/mol. The quantitative estimate of drug-likeness (QED) is 0.650. The Bertz CT molecular complexity index is 88.9. The number of rotatable bonds is 3. The summed E-state index contributed by atoms with van der Waals surface area (Å²) < 4.78 is 0. The van der Waals surface area contributed by atoms with E-state index in [0.717, 1.165) is 6.42 Å². The fourth-order valence-corrected chi connectivity index (χ4v) is 0.566. The fourth-order valence-electron chi connectivity index (χ4n) is 0.463. The molecule has 0 aromatic carbocycles. The summed E-state index contributed by atoms with van der Waals surface area (Å²) in [6, 6.07) is 0. The third-order valence-corrected chi connectivity index (χ3v) is 1.60. The van der Waals surface area contributed by atoms with Crippen LogP contribution < -0.4 is 0 Å². The molecule has 0 aliphatic heterocycles. The van der Waals surface area contributed by atoms with Gasteiger partial charge < -0.3 is 5.11 Å². The number of halogens is 1. The van der Waals surface area contributed by atoms with Crippen molar-refractivity contribution in [3.8, 4) is 0 Å². The summed E-state index contributed by atoms with van der Waals surface area (Å²) in [5, 5.41) is 8.97. The Kier molecular flexibility index (Phi) is 4.83. The van der Waals surface area contributed by atoms with Crippen molar-refractivity contribution in [1.29, 1.82) is 0 Å². The Balaban J connectivity index is 3.38. The topological polar surface area (TPSA) is 20.2 Å². The van der Waals surface area contributed by atoms with Crippen molar-refractivity contribution in [2.45, 2.75) is 26.4 Å². The Morgan fingerprint density at radius 3 is 2.44 bits per heavy atom. The van der Waals surface area contributed by atoms with E-state index in [1.165, 1.54) is 5.54 Å². The normalized spacial score (nSPS) is 18.2. The minimum atomic E-state index is -0.238. The van der Waals surface area contributed by atoms with Crippen LogP contribution >= 0.6 is 11.6 Å². The van der Waals surface area contributed by atoms with Crippen LogP contribution in [0.5, 0.6) is 0 Å². The van der Waals surface area contributed by atoms with Gasteiger partial charge in [0.05, 0.1) is 6.10 Å². The largest absolute Gasteiger partial charge is 0.393 e. The first-order valence-electron chi connectivity index (χ1n) is 3.11. The van der Waals surface area contributed by atoms with Gasteiger partial charge in [-0.25, -0.2) is 0 Å². The van der Waals surface area contributed by atoms with Gasteiger partial charge in [0.2, 0.25) is 0 Å². The molecule has 0 amide bonds. The number of allylic oxidation sites excluding steroid dienone is 1. The lowest BCUT2D eigenvalue weighted by molar-refractivity contribution is 0.136. The molecule has 0 radical (unpaired) electrons. The Morgan fingerprint density at radius 2 is 2.11 bits per heavy atom. The molecule has 0 rings (SSSR count). The summed E-state index contributed by atoms with van der Waals surface area (Å²) in [5.74, 6) is 0.306. The second-order valence-electron chi connectivity index (χ2n) is 2.32. The van der Waals surface area contributed by atoms with E-state index >= 15 is 0 Å². The summed E-state index contributed by atoms with van der Waals surface area (Å²) in [4.78, 5) is 0. The maximum absolute atomic E-state index is 8.97. The predicted molar refractivity (Wildman–Crippen MR) is 40.5 cm³/mol. The molecule has 1 nitrogen and oxygen atoms in total. The van der Waals surface area contributed by atoms with E-state index in [9.17, 15) is 0 Å². The first kappa shape index (κ1) is 8.99. The van der Waals surface area contributed by atoms with E-state index in [0.29, 0.717) is 5.92 Å². The minimum absolute atomic E-state index is 0.238. The molecular weight excluding hydrogens is 136 g/mol. The molecule has 9 heavy (non-hydrogen) atoms. The molecule has 0 fully saturated rings. The first-order valence-corrected chi connectivity index (χ1v) is 3.55. The van der Waals surface area contributed by atoms with Crippen LogP contribution in [-0.4, -0.2) is 11.2 Å². The Hall–Kier alpha value is -0.0100. The second-order valence-corrected chi connectivity index (χ2v) is 2.57. The van der Waals surface area contributed by atoms with Crippen molar-refractivity contribution < 1.29 is 5.11 Å². The van der Waals surface area contributed by atoms with Crippen molar-refractivity contribution in [1.82, 2.24) is 0 Å². The highest BCUT2D eigenvalue weighted by Crippen LogP contribution is 2.07. The summed E-state index contributed by atoms with van der Waals surface area (Å²) in [6.45, 7) is 3.77. The Labute approximate surface area is 61.3 Å². The number of aliphatic hydroxyl groups excluding tert-OH is 1. The zero-order chi connectivity index (χ0) is 7.28. The molecule has 0 aliphatic carbocycles. The highest BCUT2D eigenvalue weighted by molar-refractivity contribution is 6.25. The molecule has 0 saturated carbocycles. The number of hydrogen-bond donors (Lipinski definition) is 1. The fraction of sp³-hybridized carbons (Fsp3) is 0.714. The molecule has 0 bridgehead atoms. The number of aliphatic hydroxyl groups is 1. The molecular formula is C7H13ClO. The van der Waals surface area contributed by atoms with Crippen molar-refractivity contribution in [2.24, 2.45) is 5.92 Å². The van der Waals surface area contributed by atoms with Crippen LogP contribution in [0.25, 0.3) is 0 Å². The van der Waals surface area contributed by atoms with Crippen LogP contribution in [-0.2, 0) is 0 Å². The van der Waals surface area contributed by atoms with Crippen LogP contribution in [0.1, 0.15) is 20.3 Å². The highest BCUT2D eigenvalue weighted by atomic mass is 35.5. The molecule has 54 valence electrons. The molecule has 0 spiro atoms. The predicted octanol–water partition coefficient (Wildman–Crippen LogP) is 2.15. The van der Waals surface area contributed by atoms with Gasteiger partial charge in [-0.2, -0.15) is 0 Å². The van der Waals surface area contributed by atoms with Gasteiger partial charge in [0.25, 0.3) is 0 Å². The van der Waals surface area contributed by atoms with E-state index in [1.807, 2.05) is 13.0 Å². The van der Waals surface area contributed by atoms with Crippen LogP contribution in [0.4, 0.5) is 0 Å². The van der Waals surface area contributed by atoms with Crippen LogP contribution in [0.3, 0.4) is 0 Å². The third-order valence-electron chi connectivity index (χ3n) is 1.42. The van der Waals surface area contributed by atoms with Crippen molar-refractivity contribution in [3.63, 3.8) is 0 Å². The molecule has 0 saturated heterocycles. The standard InChI is InChI=1S/C7H13ClO/c1-6(7(2)9)4-3-5-8/h3,5-7,9H,4H2,1-2H3/b5-3+. The second kappa shape index (κ2) is 4.83. The van der Waals surface area contributed by atoms with Gasteiger partial charge in [-0.15, -0.1) is 0 Å². The van der Waals surface area contributed by atoms with Crippen LogP contribution in [0.2, 0.25) is 0 Å². The van der Waals surface area contributed by atoms with E-state index < -0.39 is 0 Å². The van der Waals surface area contributed by atoms with Crippen LogP contribution in [0.15, 0.2) is 11.6 Å². The maximum Gasteiger partial charge on any atom is 0.0540 e. The van der Waals surface area contributed by atoms with Crippen molar-refractivity contribution in [3.05, 3.63) is 11.6 Å². The zero-order valence-electron chi connectivity index (χ0n) is 5.84. The first-order chi connectivity index (χ1) is 4.18. The lowest BCUT2D eigenvalue weighted by Gasteiger charge is -2.10. The SMILES string of the molecule is CC(O)C(C)C/C=C/Cl. The number of hydrogen-bond acceptors (Lipinski definition) is 1. The molecule has 0 heterocycles. The van der Waals surface area contributed by atoms with Crippen molar-refractivity contribution >= 4 is 11.6 Å². The molecule has 2 atom stereocenters. The summed E-state index contributed by atoms with van der Waals surface area (Å²) in [5.41, 5.74) is 1.48. The van der Waals surface area contributed by atoms with Gasteiger partial charge in [-0.3, -0.25) is 0 Å². The third kappa shape index (κ3) is 4.49. The lowest BCUT2D eigenvalue weighted by Crippen LogP contribution is -2.11. The molecule has 2 heteroatoms. The smallest absolute Gasteiger partial charge is 0.0540 e. The minimum Gasteiger partial charge on any atom is -0.393 e. The highest BCUT2D eigenvalue weighted by Gasteiger charge is 2.04. The maximum atomic E-state index is 8.97. The lowest BCUT2D eigenvalue weighted by atomic mass is 10.0. The van der Waals surface area contributed by atoms with Gasteiger partial charge in [-0.05, 0) is 19.3 Å². The van der Waals surface area contributed by atoms with Gasteiger partial charge >= 0.3 is 0 Å². The molecule has 0 aromatic heterocycles. The average molecular weight is 149 g/mol. The summed E-state index contributed by atoms with van der Waals surface area (Å²) in [6.07, 6.45) is 2.46. The molecule has 0 aromatic rings. The van der Waals surface area contributed by atoms with E-state index in [4.69, 9.17) is 16.7 Å². The van der Waals surface area contributed by atoms with E-state index in [-0.39, 0.29) is 6.10 Å². The van der Waals surface area contributed by atoms with Gasteiger partial charge in [0, 0.05) is 5.54 Å². The summed E-state index contributed by atoms with van der Waals surface area (Å²) in [7, 11) is 0. The zero-order valence-corrected chi connectivity index (χ0v) is 6.60. The molecule has 2 unspecified atom stereocenters. The molecule has 1 N–H and O–H groups in total. The van der Waals surface area contributed by atoms with Gasteiger partial charge in [0.1, 0.15) is 0 Å². The average Bonchev–Trinajstić information content (AvgIpc) is 1.82. The van der Waals surface area contributed by atoms with Crippen molar-refractivity contribution in [2.75, 3.05) is 0 Å².